The van der Waals surface area contributed by atoms with Crippen LogP contribution in [0.1, 0.15) is 17.5 Å². The maximum absolute atomic E-state index is 5.24. The van der Waals surface area contributed by atoms with Gasteiger partial charge in [-0.3, -0.25) is 0 Å². The Morgan fingerprint density at radius 2 is 1.93 bits per heavy atom. The van der Waals surface area contributed by atoms with Gasteiger partial charge in [0.05, 0.1) is 24.9 Å². The van der Waals surface area contributed by atoms with Crippen molar-refractivity contribution in [1.29, 1.82) is 0 Å². The maximum Gasteiger partial charge on any atom is 0.194 e. The molecule has 1 saturated heterocycles. The summed E-state index contributed by atoms with van der Waals surface area (Å²) in [4.78, 5) is 15.1. The van der Waals surface area contributed by atoms with E-state index in [9.17, 15) is 0 Å². The molecule has 1 aromatic carbocycles. The predicted octanol–water partition coefficient (Wildman–Crippen LogP) is 3.37. The molecule has 1 fully saturated rings. The third-order valence-corrected chi connectivity index (χ3v) is 5.49. The number of methoxy groups -OCH3 is 1. The number of thiazole rings is 1. The van der Waals surface area contributed by atoms with Crippen LogP contribution < -0.4 is 15.0 Å². The average molecular weight is 501 g/mol. The number of aromatic nitrogens is 1. The number of nitrogens with zero attached hydrogens (tertiary/aromatic N) is 4. The highest BCUT2D eigenvalue weighted by atomic mass is 127. The summed E-state index contributed by atoms with van der Waals surface area (Å²) >= 11 is 1.67. The number of hydrogen-bond acceptors (Lipinski definition) is 5. The first-order chi connectivity index (χ1) is 12.7. The van der Waals surface area contributed by atoms with E-state index in [0.717, 1.165) is 50.1 Å². The van der Waals surface area contributed by atoms with Crippen molar-refractivity contribution in [3.8, 4) is 5.75 Å². The van der Waals surface area contributed by atoms with Crippen molar-refractivity contribution >= 4 is 47.0 Å². The minimum Gasteiger partial charge on any atom is -0.497 e. The van der Waals surface area contributed by atoms with Gasteiger partial charge in [-0.15, -0.1) is 35.3 Å². The highest BCUT2D eigenvalue weighted by Gasteiger charge is 2.20. The fraction of sp³-hybridized carbons (Fsp3) is 0.474. The Labute approximate surface area is 182 Å². The van der Waals surface area contributed by atoms with Crippen LogP contribution in [0.25, 0.3) is 0 Å². The first-order valence-electron chi connectivity index (χ1n) is 9.02. The Kier molecular flexibility index (Phi) is 8.62. The molecule has 2 heterocycles. The summed E-state index contributed by atoms with van der Waals surface area (Å²) in [5.74, 6) is 1.89. The lowest BCUT2D eigenvalue weighted by atomic mass is 10.2. The zero-order chi connectivity index (χ0) is 18.4. The van der Waals surface area contributed by atoms with Gasteiger partial charge in [0, 0.05) is 43.3 Å². The van der Waals surface area contributed by atoms with Gasteiger partial charge in [0.1, 0.15) is 5.75 Å². The molecular formula is C19H28IN5OS. The zero-order valence-corrected chi connectivity index (χ0v) is 19.3. The fourth-order valence-electron chi connectivity index (χ4n) is 3.02. The third kappa shape index (κ3) is 5.71. The number of ether oxygens (including phenoxy) is 1. The van der Waals surface area contributed by atoms with Crippen LogP contribution >= 0.6 is 35.3 Å². The minimum absolute atomic E-state index is 0. The monoisotopic (exact) mass is 501 g/mol. The van der Waals surface area contributed by atoms with Crippen molar-refractivity contribution in [2.45, 2.75) is 20.4 Å². The Bertz CT molecular complexity index is 726. The van der Waals surface area contributed by atoms with Gasteiger partial charge >= 0.3 is 0 Å². The van der Waals surface area contributed by atoms with E-state index in [1.54, 1.807) is 18.4 Å². The number of guanidine groups is 1. The first kappa shape index (κ1) is 21.7. The number of aryl methyl sites for hydroxylation is 1. The molecule has 0 saturated carbocycles. The van der Waals surface area contributed by atoms with Crippen LogP contribution in [0.15, 0.2) is 34.8 Å². The van der Waals surface area contributed by atoms with Crippen LogP contribution in [0, 0.1) is 6.92 Å². The van der Waals surface area contributed by atoms with E-state index in [1.807, 2.05) is 24.6 Å². The molecule has 0 unspecified atom stereocenters. The largest absolute Gasteiger partial charge is 0.497 e. The second-order valence-electron chi connectivity index (χ2n) is 6.20. The molecule has 1 aromatic heterocycles. The highest BCUT2D eigenvalue weighted by molar-refractivity contribution is 14.0. The van der Waals surface area contributed by atoms with Crippen LogP contribution in [-0.4, -0.2) is 55.7 Å². The van der Waals surface area contributed by atoms with Crippen molar-refractivity contribution < 1.29 is 4.74 Å². The number of nitrogens with one attached hydrogen (secondary N) is 1. The van der Waals surface area contributed by atoms with Crippen molar-refractivity contribution in [2.24, 2.45) is 4.99 Å². The molecule has 0 bridgehead atoms. The molecule has 1 N–H and O–H groups in total. The summed E-state index contributed by atoms with van der Waals surface area (Å²) in [5, 5.41) is 3.43. The van der Waals surface area contributed by atoms with Crippen molar-refractivity contribution in [2.75, 3.05) is 44.7 Å². The van der Waals surface area contributed by atoms with E-state index in [2.05, 4.69) is 39.2 Å². The molecule has 3 rings (SSSR count). The normalized spacial score (nSPS) is 14.7. The Morgan fingerprint density at radius 3 is 2.48 bits per heavy atom. The van der Waals surface area contributed by atoms with E-state index >= 15 is 0 Å². The van der Waals surface area contributed by atoms with E-state index in [0.29, 0.717) is 6.54 Å². The number of halogens is 1. The van der Waals surface area contributed by atoms with E-state index in [-0.39, 0.29) is 24.0 Å². The van der Waals surface area contributed by atoms with E-state index in [1.165, 1.54) is 10.6 Å². The fourth-order valence-corrected chi connectivity index (χ4v) is 3.72. The Morgan fingerprint density at radius 1 is 1.22 bits per heavy atom. The summed E-state index contributed by atoms with van der Waals surface area (Å²) in [6.45, 7) is 9.60. The van der Waals surface area contributed by atoms with Crippen LogP contribution in [0.5, 0.6) is 5.75 Å². The van der Waals surface area contributed by atoms with Crippen LogP contribution in [0.2, 0.25) is 0 Å². The first-order valence-corrected chi connectivity index (χ1v) is 9.90. The lowest BCUT2D eigenvalue weighted by Gasteiger charge is -2.37. The van der Waals surface area contributed by atoms with Crippen molar-refractivity contribution in [3.63, 3.8) is 0 Å². The molecule has 2 aromatic rings. The third-order valence-electron chi connectivity index (χ3n) is 4.57. The van der Waals surface area contributed by atoms with Gasteiger partial charge in [-0.1, -0.05) is 0 Å². The average Bonchev–Trinajstić information content (AvgIpc) is 3.10. The molecule has 1 aliphatic rings. The van der Waals surface area contributed by atoms with Gasteiger partial charge in [0.2, 0.25) is 0 Å². The zero-order valence-electron chi connectivity index (χ0n) is 16.1. The lowest BCUT2D eigenvalue weighted by molar-refractivity contribution is 0.372. The summed E-state index contributed by atoms with van der Waals surface area (Å²) in [7, 11) is 1.70. The molecule has 8 heteroatoms. The molecule has 0 spiro atoms. The molecule has 6 nitrogen and oxygen atoms in total. The number of anilines is 1. The lowest BCUT2D eigenvalue weighted by Crippen LogP contribution is -2.52. The summed E-state index contributed by atoms with van der Waals surface area (Å²) < 4.78 is 5.24. The number of aliphatic imine (C=N–C) groups is 1. The molecule has 148 valence electrons. The second-order valence-corrected chi connectivity index (χ2v) is 7.14. The van der Waals surface area contributed by atoms with Gasteiger partial charge in [0.25, 0.3) is 0 Å². The van der Waals surface area contributed by atoms with E-state index < -0.39 is 0 Å². The smallest absolute Gasteiger partial charge is 0.194 e. The standard InChI is InChI=1S/C19H27N5OS.HI/c1-4-20-19(21-13-18-15(2)22-14-26-18)24-11-9-23(10-12-24)16-5-7-17(25-3)8-6-16;/h5-8,14H,4,9-13H2,1-3H3,(H,20,21);1H. The summed E-state index contributed by atoms with van der Waals surface area (Å²) in [6, 6.07) is 8.29. The van der Waals surface area contributed by atoms with Crippen molar-refractivity contribution in [1.82, 2.24) is 15.2 Å². The van der Waals surface area contributed by atoms with Gasteiger partial charge in [-0.2, -0.15) is 0 Å². The highest BCUT2D eigenvalue weighted by Crippen LogP contribution is 2.20. The van der Waals surface area contributed by atoms with Gasteiger partial charge in [-0.05, 0) is 38.1 Å². The van der Waals surface area contributed by atoms with Crippen LogP contribution in [0.4, 0.5) is 5.69 Å². The van der Waals surface area contributed by atoms with Crippen LogP contribution in [0.3, 0.4) is 0 Å². The SMILES string of the molecule is CCNC(=NCc1scnc1C)N1CCN(c2ccc(OC)cc2)CC1.I. The molecule has 27 heavy (non-hydrogen) atoms. The van der Waals surface area contributed by atoms with Crippen LogP contribution in [-0.2, 0) is 6.54 Å². The quantitative estimate of drug-likeness (QED) is 0.387. The number of rotatable bonds is 5. The molecular weight excluding hydrogens is 473 g/mol. The molecule has 0 atom stereocenters. The maximum atomic E-state index is 5.24. The second kappa shape index (κ2) is 10.7. The Hall–Kier alpha value is -1.55. The molecule has 0 aliphatic carbocycles. The topological polar surface area (TPSA) is 53.0 Å². The minimum atomic E-state index is 0. The molecule has 1 aliphatic heterocycles. The number of benzene rings is 1. The predicted molar refractivity (Wildman–Crippen MR) is 124 cm³/mol. The molecule has 0 amide bonds. The summed E-state index contributed by atoms with van der Waals surface area (Å²) in [6.07, 6.45) is 0. The van der Waals surface area contributed by atoms with Gasteiger partial charge in [0.15, 0.2) is 5.96 Å². The number of piperazine rings is 1. The van der Waals surface area contributed by atoms with Crippen molar-refractivity contribution in [3.05, 3.63) is 40.3 Å². The summed E-state index contributed by atoms with van der Waals surface area (Å²) in [5.41, 5.74) is 4.22. The Balaban J connectivity index is 0.00000261. The number of hydrogen-bond donors (Lipinski definition) is 1. The van der Waals surface area contributed by atoms with Gasteiger partial charge in [-0.25, -0.2) is 9.98 Å². The molecule has 0 radical (unpaired) electrons. The van der Waals surface area contributed by atoms with Gasteiger partial charge < -0.3 is 19.9 Å². The van der Waals surface area contributed by atoms with E-state index in [4.69, 9.17) is 9.73 Å².